The third-order valence-corrected chi connectivity index (χ3v) is 1.60. The molecule has 0 aromatic heterocycles. The molecule has 0 heterocycles. The van der Waals surface area contributed by atoms with Crippen molar-refractivity contribution in [3.63, 3.8) is 0 Å². The molecule has 1 atom stereocenters. The second-order valence-corrected chi connectivity index (χ2v) is 4.81. The summed E-state index contributed by atoms with van der Waals surface area (Å²) in [7, 11) is 0. The minimum atomic E-state index is -2.03. The summed E-state index contributed by atoms with van der Waals surface area (Å²) in [5.74, 6) is 0. The van der Waals surface area contributed by atoms with Crippen LogP contribution in [0.1, 0.15) is 0 Å². The molecule has 0 nitrogen and oxygen atoms in total. The van der Waals surface area contributed by atoms with Gasteiger partial charge in [-0.2, -0.15) is 0 Å². The van der Waals surface area contributed by atoms with E-state index in [2.05, 4.69) is 0 Å². The van der Waals surface area contributed by atoms with Gasteiger partial charge in [-0.05, 0) is 0 Å². The summed E-state index contributed by atoms with van der Waals surface area (Å²) < 4.78 is 10.3. The highest BCUT2D eigenvalue weighted by atomic mass is 35.6. The fourth-order valence-electron chi connectivity index (χ4n) is 0.143. The largest absolute Gasteiger partial charge is 0.240 e. The average Bonchev–Trinajstić information content (AvgIpc) is 1.62. The molecule has 0 aliphatic rings. The number of rotatable bonds is 1. The molecule has 0 aliphatic carbocycles. The van der Waals surface area contributed by atoms with Crippen molar-refractivity contribution in [1.29, 1.82) is 0 Å². The lowest BCUT2D eigenvalue weighted by molar-refractivity contribution is 0.357. The molecule has 0 N–H and O–H groups in total. The lowest BCUT2D eigenvalue weighted by atomic mass is 10.5. The third-order valence-electron chi connectivity index (χ3n) is 0.534. The molecule has 0 aromatic rings. The van der Waals surface area contributed by atoms with Crippen LogP contribution in [-0.4, -0.2) is 14.8 Å². The Bertz CT molecular complexity index is 86.7. The van der Waals surface area contributed by atoms with E-state index < -0.39 is 14.8 Å². The number of alkyl halides is 6. The first-order valence-electron chi connectivity index (χ1n) is 1.84. The van der Waals surface area contributed by atoms with Crippen LogP contribution in [0.2, 0.25) is 0 Å². The van der Waals surface area contributed by atoms with Gasteiger partial charge in [0, 0.05) is 0 Å². The van der Waals surface area contributed by atoms with Crippen LogP contribution < -0.4 is 0 Å². The van der Waals surface area contributed by atoms with Crippen molar-refractivity contribution in [3.05, 3.63) is 0 Å². The van der Waals surface area contributed by atoms with E-state index in [-0.39, 0.29) is 0 Å². The van der Waals surface area contributed by atoms with E-state index in [4.69, 9.17) is 58.0 Å². The van der Waals surface area contributed by atoms with Crippen molar-refractivity contribution in [1.82, 2.24) is 0 Å². The van der Waals surface area contributed by atoms with Crippen LogP contribution in [0.3, 0.4) is 0 Å². The zero-order valence-corrected chi connectivity index (χ0v) is 7.70. The van der Waals surface area contributed by atoms with Gasteiger partial charge < -0.3 is 0 Å². The topological polar surface area (TPSA) is 0 Å². The SMILES string of the molecule is FC(C(Cl)Cl)C(Cl)(Cl)Cl. The van der Waals surface area contributed by atoms with Gasteiger partial charge >= 0.3 is 0 Å². The van der Waals surface area contributed by atoms with Gasteiger partial charge in [0.2, 0.25) is 3.79 Å². The molecule has 0 bridgehead atoms. The third kappa shape index (κ3) is 3.94. The fraction of sp³-hybridized carbons (Fsp3) is 1.00. The molecule has 0 aromatic carbocycles. The van der Waals surface area contributed by atoms with Gasteiger partial charge in [0.25, 0.3) is 0 Å². The van der Waals surface area contributed by atoms with E-state index in [0.29, 0.717) is 0 Å². The number of hydrogen-bond acceptors (Lipinski definition) is 0. The fourth-order valence-corrected chi connectivity index (χ4v) is 1.29. The minimum Gasteiger partial charge on any atom is -0.240 e. The molecular formula is C3H2Cl5F. The molecule has 6 heteroatoms. The molecule has 0 saturated carbocycles. The van der Waals surface area contributed by atoms with Crippen LogP contribution in [-0.2, 0) is 0 Å². The second-order valence-electron chi connectivity index (χ2n) is 1.28. The Balaban J connectivity index is 3.88. The molecule has 0 saturated heterocycles. The number of hydrogen-bond donors (Lipinski definition) is 0. The Morgan fingerprint density at radius 1 is 1.11 bits per heavy atom. The predicted molar refractivity (Wildman–Crippen MR) is 40.7 cm³/mol. The maximum Gasteiger partial charge on any atom is 0.223 e. The monoisotopic (exact) mass is 232 g/mol. The summed E-state index contributed by atoms with van der Waals surface area (Å²) >= 11 is 25.3. The van der Waals surface area contributed by atoms with Crippen LogP contribution in [0.4, 0.5) is 4.39 Å². The molecule has 9 heavy (non-hydrogen) atoms. The maximum atomic E-state index is 12.4. The van der Waals surface area contributed by atoms with Gasteiger partial charge in [-0.1, -0.05) is 34.8 Å². The van der Waals surface area contributed by atoms with Crippen LogP contribution >= 0.6 is 58.0 Å². The summed E-state index contributed by atoms with van der Waals surface area (Å²) in [6, 6.07) is 0. The molecule has 0 amide bonds. The molecule has 1 unspecified atom stereocenters. The standard InChI is InChI=1S/C3H2Cl5F/c4-2(5)1(9)3(6,7)8/h1-2H. The van der Waals surface area contributed by atoms with Gasteiger partial charge in [-0.3, -0.25) is 0 Å². The van der Waals surface area contributed by atoms with Crippen molar-refractivity contribution in [2.45, 2.75) is 14.8 Å². The average molecular weight is 234 g/mol. The van der Waals surface area contributed by atoms with Crippen molar-refractivity contribution in [2.75, 3.05) is 0 Å². The van der Waals surface area contributed by atoms with E-state index in [1.807, 2.05) is 0 Å². The highest BCUT2D eigenvalue weighted by Crippen LogP contribution is 2.36. The first kappa shape index (κ1) is 10.4. The van der Waals surface area contributed by atoms with Gasteiger partial charge in [-0.25, -0.2) is 4.39 Å². The second kappa shape index (κ2) is 3.68. The van der Waals surface area contributed by atoms with Gasteiger partial charge in [0.15, 0.2) is 6.17 Å². The van der Waals surface area contributed by atoms with E-state index in [9.17, 15) is 4.39 Å². The molecule has 0 rings (SSSR count). The van der Waals surface area contributed by atoms with Gasteiger partial charge in [0.05, 0.1) is 0 Å². The van der Waals surface area contributed by atoms with Crippen molar-refractivity contribution in [3.8, 4) is 0 Å². The lowest BCUT2D eigenvalue weighted by Gasteiger charge is -2.16. The van der Waals surface area contributed by atoms with Crippen LogP contribution in [0.15, 0.2) is 0 Å². The molecule has 0 radical (unpaired) electrons. The van der Waals surface area contributed by atoms with Crippen LogP contribution in [0, 0.1) is 0 Å². The zero-order valence-electron chi connectivity index (χ0n) is 3.92. The maximum absolute atomic E-state index is 12.4. The molecule has 0 fully saturated rings. The molecular weight excluding hydrogens is 232 g/mol. The summed E-state index contributed by atoms with van der Waals surface area (Å²) in [5.41, 5.74) is 0. The summed E-state index contributed by atoms with van der Waals surface area (Å²) in [4.78, 5) is -1.31. The van der Waals surface area contributed by atoms with E-state index in [0.717, 1.165) is 0 Å². The van der Waals surface area contributed by atoms with E-state index in [1.165, 1.54) is 0 Å². The summed E-state index contributed by atoms with van der Waals surface area (Å²) in [6.45, 7) is 0. The summed E-state index contributed by atoms with van der Waals surface area (Å²) in [6.07, 6.45) is -1.86. The highest BCUT2D eigenvalue weighted by molar-refractivity contribution is 6.68. The predicted octanol–water partition coefficient (Wildman–Crippen LogP) is 3.50. The Morgan fingerprint density at radius 2 is 1.44 bits per heavy atom. The lowest BCUT2D eigenvalue weighted by Crippen LogP contribution is -2.26. The minimum absolute atomic E-state index is 1.31. The van der Waals surface area contributed by atoms with Gasteiger partial charge in [-0.15, -0.1) is 23.2 Å². The van der Waals surface area contributed by atoms with Crippen molar-refractivity contribution >= 4 is 58.0 Å². The van der Waals surface area contributed by atoms with E-state index in [1.54, 1.807) is 0 Å². The first-order chi connectivity index (χ1) is 3.85. The Kier molecular flexibility index (Phi) is 4.24. The zero-order chi connectivity index (χ0) is 7.65. The Hall–Kier alpha value is 1.38. The van der Waals surface area contributed by atoms with Crippen molar-refractivity contribution in [2.24, 2.45) is 0 Å². The Labute approximate surface area is 77.2 Å². The van der Waals surface area contributed by atoms with Crippen molar-refractivity contribution < 1.29 is 4.39 Å². The highest BCUT2D eigenvalue weighted by Gasteiger charge is 2.37. The normalized spacial score (nSPS) is 16.3. The van der Waals surface area contributed by atoms with Crippen LogP contribution in [0.5, 0.6) is 0 Å². The smallest absolute Gasteiger partial charge is 0.223 e. The number of halogens is 6. The summed E-state index contributed by atoms with van der Waals surface area (Å²) in [5, 5.41) is 0. The molecule has 0 spiro atoms. The first-order valence-corrected chi connectivity index (χ1v) is 3.85. The van der Waals surface area contributed by atoms with E-state index >= 15 is 0 Å². The van der Waals surface area contributed by atoms with Gasteiger partial charge in [0.1, 0.15) is 4.84 Å². The Morgan fingerprint density at radius 3 is 1.44 bits per heavy atom. The van der Waals surface area contributed by atoms with Crippen LogP contribution in [0.25, 0.3) is 0 Å². The molecule has 56 valence electrons. The molecule has 0 aliphatic heterocycles. The quantitative estimate of drug-likeness (QED) is 0.609.